The van der Waals surface area contributed by atoms with Crippen LogP contribution in [0.2, 0.25) is 0 Å². The van der Waals surface area contributed by atoms with Crippen molar-refractivity contribution in [2.24, 2.45) is 0 Å². The first-order chi connectivity index (χ1) is 8.07. The maximum Gasteiger partial charge on any atom is 0.280 e. The fraction of sp³-hybridized carbons (Fsp3) is 0.636. The summed E-state index contributed by atoms with van der Waals surface area (Å²) in [5.41, 5.74) is 0. The Morgan fingerprint density at radius 2 is 2.59 bits per heavy atom. The number of rotatable bonds is 3. The molecular weight excluding hydrogens is 222 g/mol. The maximum absolute atomic E-state index is 11.8. The van der Waals surface area contributed by atoms with E-state index in [2.05, 4.69) is 15.0 Å². The van der Waals surface area contributed by atoms with Gasteiger partial charge in [-0.25, -0.2) is 0 Å². The van der Waals surface area contributed by atoms with Crippen LogP contribution in [0.5, 0.6) is 0 Å². The van der Waals surface area contributed by atoms with Gasteiger partial charge in [-0.1, -0.05) is 5.16 Å². The first kappa shape index (κ1) is 12.1. The second kappa shape index (κ2) is 4.85. The Kier molecular flexibility index (Phi) is 3.44. The summed E-state index contributed by atoms with van der Waals surface area (Å²) in [4.78, 5) is 11.8. The lowest BCUT2D eigenvalue weighted by molar-refractivity contribution is -0.909. The van der Waals surface area contributed by atoms with Gasteiger partial charge in [0.1, 0.15) is 18.9 Å². The van der Waals surface area contributed by atoms with Crippen molar-refractivity contribution in [3.8, 4) is 0 Å². The molecule has 1 fully saturated rings. The van der Waals surface area contributed by atoms with E-state index in [0.29, 0.717) is 23.4 Å². The fourth-order valence-electron chi connectivity index (χ4n) is 2.35. The molecule has 1 aliphatic rings. The van der Waals surface area contributed by atoms with E-state index in [9.17, 15) is 9.90 Å². The van der Waals surface area contributed by atoms with Gasteiger partial charge in [0.2, 0.25) is 0 Å². The summed E-state index contributed by atoms with van der Waals surface area (Å²) in [6.07, 6.45) is 2.90. The molecule has 6 heteroatoms. The lowest BCUT2D eigenvalue weighted by Crippen LogP contribution is -2.55. The van der Waals surface area contributed by atoms with E-state index in [-0.39, 0.29) is 12.0 Å². The highest BCUT2D eigenvalue weighted by Gasteiger charge is 2.32. The summed E-state index contributed by atoms with van der Waals surface area (Å²) < 4.78 is 5.21. The molecule has 0 aromatic carbocycles. The largest absolute Gasteiger partial charge is 0.387 e. The topological polar surface area (TPSA) is 75.4 Å². The molecule has 2 rings (SSSR count). The van der Waals surface area contributed by atoms with Gasteiger partial charge < -0.3 is 19.4 Å². The smallest absolute Gasteiger partial charge is 0.280 e. The Morgan fingerprint density at radius 3 is 3.24 bits per heavy atom. The predicted molar refractivity (Wildman–Crippen MR) is 61.2 cm³/mol. The second-order valence-electron chi connectivity index (χ2n) is 4.91. The van der Waals surface area contributed by atoms with Crippen molar-refractivity contribution in [3.63, 3.8) is 0 Å². The number of likely N-dealkylation sites (tertiary alicyclic amines) is 1. The molecule has 6 nitrogen and oxygen atoms in total. The molecule has 0 aliphatic carbocycles. The van der Waals surface area contributed by atoms with Gasteiger partial charge in [0.05, 0.1) is 13.6 Å². The fourth-order valence-corrected chi connectivity index (χ4v) is 2.35. The zero-order chi connectivity index (χ0) is 12.3. The van der Waals surface area contributed by atoms with Crippen LogP contribution in [0.15, 0.2) is 16.9 Å². The van der Waals surface area contributed by atoms with Crippen LogP contribution in [0.3, 0.4) is 0 Å². The minimum atomic E-state index is -0.298. The standard InChI is InChI=1S/C11H17N3O3/c1-14(5-2-3-9(15)7-14)8-11(16)12-10-4-6-17-13-10/h4,6,9,15H,2-3,5,7-8H2,1H3/p+1/t9-,14?/m1/s1. The zero-order valence-electron chi connectivity index (χ0n) is 9.93. The SMILES string of the molecule is C[N+]1(CC(=O)Nc2ccon2)CCC[C@@H](O)C1. The Morgan fingerprint density at radius 1 is 1.76 bits per heavy atom. The summed E-state index contributed by atoms with van der Waals surface area (Å²) >= 11 is 0. The number of aliphatic hydroxyl groups excluding tert-OH is 1. The highest BCUT2D eigenvalue weighted by atomic mass is 16.5. The van der Waals surface area contributed by atoms with Crippen LogP contribution in [0.4, 0.5) is 5.82 Å². The van der Waals surface area contributed by atoms with Gasteiger partial charge >= 0.3 is 0 Å². The molecule has 1 aliphatic heterocycles. The molecule has 17 heavy (non-hydrogen) atoms. The van der Waals surface area contributed by atoms with Crippen LogP contribution in [0.25, 0.3) is 0 Å². The molecule has 94 valence electrons. The van der Waals surface area contributed by atoms with Crippen molar-refractivity contribution in [1.82, 2.24) is 5.16 Å². The number of hydrogen-bond acceptors (Lipinski definition) is 4. The number of anilines is 1. The van der Waals surface area contributed by atoms with Crippen molar-refractivity contribution >= 4 is 11.7 Å². The maximum atomic E-state index is 11.8. The second-order valence-corrected chi connectivity index (χ2v) is 4.91. The normalized spacial score (nSPS) is 28.9. The number of piperidine rings is 1. The predicted octanol–water partition coefficient (Wildman–Crippen LogP) is 0.214. The number of aromatic nitrogens is 1. The van der Waals surface area contributed by atoms with Crippen molar-refractivity contribution in [1.29, 1.82) is 0 Å². The third-order valence-corrected chi connectivity index (χ3v) is 3.12. The van der Waals surface area contributed by atoms with Crippen molar-refractivity contribution in [2.45, 2.75) is 18.9 Å². The number of quaternary nitrogens is 1. The van der Waals surface area contributed by atoms with Gasteiger partial charge in [-0.05, 0) is 12.8 Å². The monoisotopic (exact) mass is 240 g/mol. The van der Waals surface area contributed by atoms with Gasteiger partial charge in [-0.3, -0.25) is 4.79 Å². The Bertz CT molecular complexity index is 379. The van der Waals surface area contributed by atoms with Gasteiger partial charge in [-0.15, -0.1) is 0 Å². The van der Waals surface area contributed by atoms with Crippen molar-refractivity contribution in [2.75, 3.05) is 32.0 Å². The van der Waals surface area contributed by atoms with E-state index in [1.54, 1.807) is 6.07 Å². The molecule has 0 spiro atoms. The highest BCUT2D eigenvalue weighted by Crippen LogP contribution is 2.16. The van der Waals surface area contributed by atoms with E-state index in [1.807, 2.05) is 7.05 Å². The third kappa shape index (κ3) is 3.28. The van der Waals surface area contributed by atoms with Gasteiger partial charge in [0.15, 0.2) is 12.4 Å². The number of aliphatic hydroxyl groups is 1. The van der Waals surface area contributed by atoms with Crippen LogP contribution in [0.1, 0.15) is 12.8 Å². The minimum Gasteiger partial charge on any atom is -0.387 e. The molecule has 0 saturated carbocycles. The average Bonchev–Trinajstić information content (AvgIpc) is 2.68. The first-order valence-electron chi connectivity index (χ1n) is 5.79. The Hall–Kier alpha value is -1.40. The molecule has 1 saturated heterocycles. The summed E-state index contributed by atoms with van der Waals surface area (Å²) in [7, 11) is 1.99. The molecule has 0 bridgehead atoms. The lowest BCUT2D eigenvalue weighted by atomic mass is 10.1. The van der Waals surface area contributed by atoms with Gasteiger partial charge in [0.25, 0.3) is 5.91 Å². The molecule has 1 unspecified atom stereocenters. The van der Waals surface area contributed by atoms with E-state index in [4.69, 9.17) is 0 Å². The average molecular weight is 240 g/mol. The number of nitrogens with one attached hydrogen (secondary N) is 1. The molecule has 1 amide bonds. The number of amides is 1. The van der Waals surface area contributed by atoms with E-state index in [1.165, 1.54) is 6.26 Å². The first-order valence-corrected chi connectivity index (χ1v) is 5.79. The molecule has 0 radical (unpaired) electrons. The number of carbonyl (C=O) groups excluding carboxylic acids is 1. The summed E-state index contributed by atoms with van der Waals surface area (Å²) in [5, 5.41) is 15.9. The van der Waals surface area contributed by atoms with Crippen molar-refractivity contribution in [3.05, 3.63) is 12.3 Å². The van der Waals surface area contributed by atoms with E-state index >= 15 is 0 Å². The number of likely N-dealkylation sites (N-methyl/N-ethyl adjacent to an activating group) is 1. The van der Waals surface area contributed by atoms with Crippen LogP contribution in [-0.2, 0) is 4.79 Å². The van der Waals surface area contributed by atoms with Crippen LogP contribution >= 0.6 is 0 Å². The molecular formula is C11H18N3O3+. The summed E-state index contributed by atoms with van der Waals surface area (Å²) in [6.45, 7) is 1.90. The Labute approximate surface area is 99.8 Å². The highest BCUT2D eigenvalue weighted by molar-refractivity contribution is 5.90. The molecule has 2 atom stereocenters. The van der Waals surface area contributed by atoms with Crippen LogP contribution in [0, 0.1) is 0 Å². The van der Waals surface area contributed by atoms with E-state index in [0.717, 1.165) is 19.4 Å². The minimum absolute atomic E-state index is 0.101. The third-order valence-electron chi connectivity index (χ3n) is 3.12. The van der Waals surface area contributed by atoms with Gasteiger partial charge in [-0.2, -0.15) is 0 Å². The van der Waals surface area contributed by atoms with Crippen LogP contribution < -0.4 is 5.32 Å². The lowest BCUT2D eigenvalue weighted by Gasteiger charge is -2.39. The molecule has 1 aromatic heterocycles. The Balaban J connectivity index is 1.89. The van der Waals surface area contributed by atoms with Crippen molar-refractivity contribution < 1.29 is 18.9 Å². The molecule has 2 heterocycles. The number of carbonyl (C=O) groups is 1. The molecule has 2 N–H and O–H groups in total. The number of nitrogens with zero attached hydrogens (tertiary/aromatic N) is 2. The van der Waals surface area contributed by atoms with Gasteiger partial charge in [0, 0.05) is 6.07 Å². The van der Waals surface area contributed by atoms with Crippen LogP contribution in [-0.4, -0.2) is 53.4 Å². The molecule has 1 aromatic rings. The quantitative estimate of drug-likeness (QED) is 0.741. The van der Waals surface area contributed by atoms with E-state index < -0.39 is 0 Å². The summed E-state index contributed by atoms with van der Waals surface area (Å²) in [6, 6.07) is 1.60. The number of hydrogen-bond donors (Lipinski definition) is 2. The summed E-state index contributed by atoms with van der Waals surface area (Å²) in [5.74, 6) is 0.328. The zero-order valence-corrected chi connectivity index (χ0v) is 9.93.